The lowest BCUT2D eigenvalue weighted by molar-refractivity contribution is -0.198. The number of hydrogen-bond acceptors (Lipinski definition) is 9. The van der Waals surface area contributed by atoms with E-state index in [1.165, 1.54) is 12.1 Å². The molecule has 13 heteroatoms. The van der Waals surface area contributed by atoms with E-state index < -0.39 is 16.3 Å². The number of nitrogens with one attached hydrogen (secondary N) is 3. The second-order valence-electron chi connectivity index (χ2n) is 8.74. The predicted molar refractivity (Wildman–Crippen MR) is 136 cm³/mol. The number of hydrogen-bond donors (Lipinski definition) is 3. The third kappa shape index (κ3) is 8.01. The number of ether oxygens (including phenoxy) is 3. The number of anilines is 1. The lowest BCUT2D eigenvalue weighted by Gasteiger charge is -2.28. The number of rotatable bonds is 12. The molecule has 0 spiro atoms. The Kier molecular flexibility index (Phi) is 9.16. The van der Waals surface area contributed by atoms with Crippen LogP contribution >= 0.6 is 0 Å². The Morgan fingerprint density at radius 3 is 2.62 bits per heavy atom. The van der Waals surface area contributed by atoms with Crippen LogP contribution in [0.4, 0.5) is 10.3 Å². The molecule has 0 aliphatic carbocycles. The van der Waals surface area contributed by atoms with Gasteiger partial charge in [-0.25, -0.2) is 32.5 Å². The highest BCUT2D eigenvalue weighted by Gasteiger charge is 2.25. The Labute approximate surface area is 215 Å². The maximum absolute atomic E-state index is 13.6. The van der Waals surface area contributed by atoms with Crippen LogP contribution in [0.3, 0.4) is 0 Å². The van der Waals surface area contributed by atoms with E-state index in [0.29, 0.717) is 61.6 Å². The zero-order chi connectivity index (χ0) is 26.3. The minimum absolute atomic E-state index is 0.0799. The van der Waals surface area contributed by atoms with Crippen molar-refractivity contribution >= 4 is 16.0 Å². The molecule has 1 aromatic carbocycles. The van der Waals surface area contributed by atoms with Crippen molar-refractivity contribution in [3.63, 3.8) is 0 Å². The van der Waals surface area contributed by atoms with Crippen molar-refractivity contribution < 1.29 is 27.0 Å². The number of aromatic nitrogens is 4. The van der Waals surface area contributed by atoms with Gasteiger partial charge in [0.25, 0.3) is 0 Å². The Bertz CT molecular complexity index is 1260. The molecule has 0 amide bonds. The van der Waals surface area contributed by atoms with Crippen LogP contribution in [0.1, 0.15) is 12.2 Å². The number of H-pyrrole nitrogens is 1. The zero-order valence-electron chi connectivity index (χ0n) is 20.7. The molecule has 3 heterocycles. The summed E-state index contributed by atoms with van der Waals surface area (Å²) in [7, 11) is -1.62. The maximum atomic E-state index is 13.6. The van der Waals surface area contributed by atoms with Gasteiger partial charge in [0.2, 0.25) is 16.0 Å². The second kappa shape index (κ2) is 12.5. The van der Waals surface area contributed by atoms with E-state index in [-0.39, 0.29) is 18.3 Å². The van der Waals surface area contributed by atoms with E-state index in [1.807, 2.05) is 0 Å². The Hall–Kier alpha value is -2.97. The van der Waals surface area contributed by atoms with Crippen molar-refractivity contribution in [2.75, 3.05) is 51.6 Å². The van der Waals surface area contributed by atoms with E-state index in [0.717, 1.165) is 18.2 Å². The summed E-state index contributed by atoms with van der Waals surface area (Å²) in [4.78, 5) is 17.0. The number of halogens is 1. The quantitative estimate of drug-likeness (QED) is 0.298. The summed E-state index contributed by atoms with van der Waals surface area (Å²) in [5, 5.41) is 3.18. The highest BCUT2D eigenvalue weighted by atomic mass is 32.2. The minimum atomic E-state index is -3.27. The van der Waals surface area contributed by atoms with E-state index >= 15 is 0 Å². The summed E-state index contributed by atoms with van der Waals surface area (Å²) in [6, 6.07) is 7.87. The highest BCUT2D eigenvalue weighted by Crippen LogP contribution is 2.30. The van der Waals surface area contributed by atoms with Crippen molar-refractivity contribution in [2.45, 2.75) is 19.1 Å². The molecular formula is C24H31FN6O5S. The molecule has 2 aromatic heterocycles. The van der Waals surface area contributed by atoms with Gasteiger partial charge in [0.05, 0.1) is 43.0 Å². The van der Waals surface area contributed by atoms with Gasteiger partial charge in [-0.2, -0.15) is 0 Å². The maximum Gasteiger partial charge on any atom is 0.223 e. The fourth-order valence-electron chi connectivity index (χ4n) is 3.77. The number of nitrogens with zero attached hydrogens (tertiary/aromatic N) is 3. The molecule has 3 aromatic rings. The van der Waals surface area contributed by atoms with E-state index in [1.54, 1.807) is 31.5 Å². The van der Waals surface area contributed by atoms with E-state index in [9.17, 15) is 12.8 Å². The first-order valence-corrected chi connectivity index (χ1v) is 13.8. The second-order valence-corrected chi connectivity index (χ2v) is 10.6. The molecular weight excluding hydrogens is 503 g/mol. The van der Waals surface area contributed by atoms with Gasteiger partial charge in [-0.05, 0) is 36.8 Å². The van der Waals surface area contributed by atoms with Crippen LogP contribution in [0.5, 0.6) is 0 Å². The molecule has 37 heavy (non-hydrogen) atoms. The molecule has 200 valence electrons. The van der Waals surface area contributed by atoms with Gasteiger partial charge in [-0.15, -0.1) is 0 Å². The van der Waals surface area contributed by atoms with Crippen molar-refractivity contribution in [1.82, 2.24) is 24.7 Å². The van der Waals surface area contributed by atoms with Gasteiger partial charge < -0.3 is 24.5 Å². The summed E-state index contributed by atoms with van der Waals surface area (Å²) >= 11 is 0. The molecule has 1 aliphatic heterocycles. The van der Waals surface area contributed by atoms with Crippen LogP contribution in [0.2, 0.25) is 0 Å². The van der Waals surface area contributed by atoms with Gasteiger partial charge in [-0.1, -0.05) is 0 Å². The average Bonchev–Trinajstić information content (AvgIpc) is 3.30. The Balaban J connectivity index is 1.50. The van der Waals surface area contributed by atoms with Crippen molar-refractivity contribution in [3.8, 4) is 22.6 Å². The lowest BCUT2D eigenvalue weighted by Crippen LogP contribution is -2.39. The van der Waals surface area contributed by atoms with Crippen LogP contribution in [0, 0.1) is 11.7 Å². The van der Waals surface area contributed by atoms with Crippen LogP contribution in [-0.2, 0) is 30.7 Å². The first-order chi connectivity index (χ1) is 17.8. The number of methoxy groups -OCH3 is 1. The molecule has 0 radical (unpaired) electrons. The standard InChI is InChI=1S/C24H31FN6O5S/c1-34-11-3-9-26-24-27-10-8-19(29-24)23-22(17-4-6-18(25)7-5-17)30-20(31-23)12-21-35-14-16(15-36-21)13-28-37(2,32)33/h4-8,10,16,21,28H,3,9,11-15H2,1-2H3,(H,30,31)(H,26,27,29). The molecule has 1 aliphatic rings. The number of imidazole rings is 1. The van der Waals surface area contributed by atoms with Crippen molar-refractivity contribution in [3.05, 3.63) is 48.2 Å². The third-order valence-electron chi connectivity index (χ3n) is 5.62. The lowest BCUT2D eigenvalue weighted by atomic mass is 10.1. The molecule has 0 saturated carbocycles. The van der Waals surface area contributed by atoms with Crippen molar-refractivity contribution in [2.24, 2.45) is 5.92 Å². The fourth-order valence-corrected chi connectivity index (χ4v) is 4.31. The Morgan fingerprint density at radius 2 is 1.92 bits per heavy atom. The first kappa shape index (κ1) is 27.1. The first-order valence-electron chi connectivity index (χ1n) is 11.9. The molecule has 0 atom stereocenters. The SMILES string of the molecule is COCCCNc1nccc(-c2[nH]c(CC3OCC(CNS(C)(=O)=O)CO3)nc2-c2ccc(F)cc2)n1. The predicted octanol–water partition coefficient (Wildman–Crippen LogP) is 2.20. The van der Waals surface area contributed by atoms with E-state index in [2.05, 4.69) is 25.0 Å². The number of benzene rings is 1. The van der Waals surface area contributed by atoms with Gasteiger partial charge in [-0.3, -0.25) is 0 Å². The van der Waals surface area contributed by atoms with Gasteiger partial charge in [0.15, 0.2) is 6.29 Å². The fraction of sp³-hybridized carbons (Fsp3) is 0.458. The summed E-state index contributed by atoms with van der Waals surface area (Å²) in [6.07, 6.45) is 3.39. The molecule has 0 bridgehead atoms. The van der Waals surface area contributed by atoms with Gasteiger partial charge >= 0.3 is 0 Å². The van der Waals surface area contributed by atoms with Gasteiger partial charge in [0, 0.05) is 44.5 Å². The molecule has 0 unspecified atom stereocenters. The summed E-state index contributed by atoms with van der Waals surface area (Å²) in [6.45, 7) is 2.25. The number of sulfonamides is 1. The highest BCUT2D eigenvalue weighted by molar-refractivity contribution is 7.88. The topological polar surface area (TPSA) is 140 Å². The monoisotopic (exact) mass is 534 g/mol. The molecule has 11 nitrogen and oxygen atoms in total. The van der Waals surface area contributed by atoms with Crippen LogP contribution < -0.4 is 10.0 Å². The molecule has 3 N–H and O–H groups in total. The summed E-state index contributed by atoms with van der Waals surface area (Å²) in [5.74, 6) is 0.668. The molecule has 1 fully saturated rings. The normalized spacial score (nSPS) is 18.1. The minimum Gasteiger partial charge on any atom is -0.385 e. The number of aromatic amines is 1. The summed E-state index contributed by atoms with van der Waals surface area (Å²) in [5.41, 5.74) is 2.63. The molecule has 1 saturated heterocycles. The van der Waals surface area contributed by atoms with Crippen molar-refractivity contribution in [1.29, 1.82) is 0 Å². The summed E-state index contributed by atoms with van der Waals surface area (Å²) < 4.78 is 55.4. The van der Waals surface area contributed by atoms with Crippen LogP contribution in [0.25, 0.3) is 22.6 Å². The zero-order valence-corrected chi connectivity index (χ0v) is 21.6. The van der Waals surface area contributed by atoms with Crippen LogP contribution in [-0.4, -0.2) is 80.9 Å². The largest absolute Gasteiger partial charge is 0.385 e. The molecule has 4 rings (SSSR count). The Morgan fingerprint density at radius 1 is 1.16 bits per heavy atom. The van der Waals surface area contributed by atoms with E-state index in [4.69, 9.17) is 19.2 Å². The third-order valence-corrected chi connectivity index (χ3v) is 6.31. The van der Waals surface area contributed by atoms with Gasteiger partial charge in [0.1, 0.15) is 11.6 Å². The average molecular weight is 535 g/mol. The smallest absolute Gasteiger partial charge is 0.223 e. The van der Waals surface area contributed by atoms with Crippen LogP contribution in [0.15, 0.2) is 36.5 Å².